The van der Waals surface area contributed by atoms with E-state index in [1.54, 1.807) is 36.8 Å². The van der Waals surface area contributed by atoms with E-state index in [9.17, 15) is 4.79 Å². The molecule has 1 aromatic heterocycles. The van der Waals surface area contributed by atoms with E-state index in [2.05, 4.69) is 15.5 Å². The van der Waals surface area contributed by atoms with Crippen LogP contribution in [0.5, 0.6) is 0 Å². The Kier molecular flexibility index (Phi) is 4.58. The number of pyridine rings is 1. The molecule has 0 saturated heterocycles. The van der Waals surface area contributed by atoms with Crippen molar-refractivity contribution in [3.63, 3.8) is 0 Å². The normalized spacial score (nSPS) is 10.9. The highest BCUT2D eigenvalue weighted by Crippen LogP contribution is 2.00. The van der Waals surface area contributed by atoms with Crippen molar-refractivity contribution < 1.29 is 4.79 Å². The summed E-state index contributed by atoms with van der Waals surface area (Å²) < 4.78 is 0. The largest absolute Gasteiger partial charge is 0.268 e. The SMILES string of the molecule is O=C(C=Cc1ccccc1)NN=Cc1ccncc1. The number of carbonyl (C=O) groups is 1. The van der Waals surface area contributed by atoms with Crippen LogP contribution in [-0.4, -0.2) is 17.1 Å². The molecule has 4 nitrogen and oxygen atoms in total. The van der Waals surface area contributed by atoms with Gasteiger partial charge >= 0.3 is 0 Å². The van der Waals surface area contributed by atoms with Crippen molar-refractivity contribution in [1.29, 1.82) is 0 Å². The van der Waals surface area contributed by atoms with E-state index in [0.29, 0.717) is 0 Å². The maximum absolute atomic E-state index is 11.5. The molecule has 0 fully saturated rings. The van der Waals surface area contributed by atoms with Gasteiger partial charge in [0.15, 0.2) is 0 Å². The van der Waals surface area contributed by atoms with Gasteiger partial charge in [-0.2, -0.15) is 5.10 Å². The monoisotopic (exact) mass is 251 g/mol. The first-order chi connectivity index (χ1) is 9.34. The lowest BCUT2D eigenvalue weighted by Crippen LogP contribution is -2.14. The fourth-order valence-electron chi connectivity index (χ4n) is 1.39. The Labute approximate surface area is 111 Å². The van der Waals surface area contributed by atoms with Gasteiger partial charge in [0.1, 0.15) is 0 Å². The molecule has 1 heterocycles. The number of aromatic nitrogens is 1. The Hall–Kier alpha value is -2.75. The van der Waals surface area contributed by atoms with Gasteiger partial charge in [-0.15, -0.1) is 0 Å². The molecular formula is C15H13N3O. The molecule has 0 radical (unpaired) electrons. The second kappa shape index (κ2) is 6.86. The molecule has 1 aromatic carbocycles. The molecule has 19 heavy (non-hydrogen) atoms. The van der Waals surface area contributed by atoms with Crippen molar-refractivity contribution in [3.05, 3.63) is 72.1 Å². The van der Waals surface area contributed by atoms with E-state index in [-0.39, 0.29) is 5.91 Å². The minimum Gasteiger partial charge on any atom is -0.268 e. The first-order valence-electron chi connectivity index (χ1n) is 5.81. The number of hydrazone groups is 1. The van der Waals surface area contributed by atoms with Gasteiger partial charge in [-0.25, -0.2) is 5.43 Å². The third-order valence-electron chi connectivity index (χ3n) is 2.32. The van der Waals surface area contributed by atoms with Gasteiger partial charge < -0.3 is 0 Å². The van der Waals surface area contributed by atoms with Crippen LogP contribution in [0.2, 0.25) is 0 Å². The number of nitrogens with one attached hydrogen (secondary N) is 1. The van der Waals surface area contributed by atoms with E-state index < -0.39 is 0 Å². The van der Waals surface area contributed by atoms with Crippen molar-refractivity contribution in [2.45, 2.75) is 0 Å². The van der Waals surface area contributed by atoms with Crippen molar-refractivity contribution >= 4 is 18.2 Å². The number of amides is 1. The van der Waals surface area contributed by atoms with Crippen molar-refractivity contribution in [1.82, 2.24) is 10.4 Å². The summed E-state index contributed by atoms with van der Waals surface area (Å²) >= 11 is 0. The van der Waals surface area contributed by atoms with Crippen LogP contribution in [0.1, 0.15) is 11.1 Å². The second-order valence-corrected chi connectivity index (χ2v) is 3.76. The zero-order chi connectivity index (χ0) is 13.3. The minimum absolute atomic E-state index is 0.269. The average molecular weight is 251 g/mol. The van der Waals surface area contributed by atoms with Crippen LogP contribution in [-0.2, 0) is 4.79 Å². The lowest BCUT2D eigenvalue weighted by Gasteiger charge is -1.94. The molecule has 0 aliphatic carbocycles. The fraction of sp³-hybridized carbons (Fsp3) is 0. The topological polar surface area (TPSA) is 54.4 Å². The molecule has 0 spiro atoms. The average Bonchev–Trinajstić information content (AvgIpc) is 2.47. The van der Waals surface area contributed by atoms with Crippen LogP contribution in [0.4, 0.5) is 0 Å². The molecule has 2 rings (SSSR count). The summed E-state index contributed by atoms with van der Waals surface area (Å²) in [7, 11) is 0. The third kappa shape index (κ3) is 4.55. The van der Waals surface area contributed by atoms with Gasteiger partial charge in [-0.1, -0.05) is 30.3 Å². The highest BCUT2D eigenvalue weighted by atomic mass is 16.2. The first-order valence-corrected chi connectivity index (χ1v) is 5.81. The third-order valence-corrected chi connectivity index (χ3v) is 2.32. The molecule has 2 aromatic rings. The van der Waals surface area contributed by atoms with Crippen molar-refractivity contribution in [3.8, 4) is 0 Å². The lowest BCUT2D eigenvalue weighted by atomic mass is 10.2. The van der Waals surface area contributed by atoms with Crippen molar-refractivity contribution in [2.75, 3.05) is 0 Å². The standard InChI is InChI=1S/C15H13N3O/c19-15(7-6-13-4-2-1-3-5-13)18-17-12-14-8-10-16-11-9-14/h1-12H,(H,18,19). The number of rotatable bonds is 4. The summed E-state index contributed by atoms with van der Waals surface area (Å²) in [6, 6.07) is 13.2. The van der Waals surface area contributed by atoms with Gasteiger partial charge in [0.2, 0.25) is 0 Å². The highest BCUT2D eigenvalue weighted by molar-refractivity contribution is 5.92. The predicted molar refractivity (Wildman–Crippen MR) is 75.4 cm³/mol. The number of nitrogens with zero attached hydrogens (tertiary/aromatic N) is 2. The second-order valence-electron chi connectivity index (χ2n) is 3.76. The Morgan fingerprint density at radius 1 is 1.05 bits per heavy atom. The first kappa shape index (κ1) is 12.7. The molecule has 0 bridgehead atoms. The lowest BCUT2D eigenvalue weighted by molar-refractivity contribution is -0.116. The Balaban J connectivity index is 1.85. The van der Waals surface area contributed by atoms with Gasteiger partial charge in [-0.3, -0.25) is 9.78 Å². The molecule has 1 N–H and O–H groups in total. The van der Waals surface area contributed by atoms with Gasteiger partial charge in [-0.05, 0) is 29.3 Å². The minimum atomic E-state index is -0.269. The highest BCUT2D eigenvalue weighted by Gasteiger charge is 1.91. The molecule has 0 aliphatic rings. The smallest absolute Gasteiger partial charge is 0.264 e. The maximum atomic E-state index is 11.5. The quantitative estimate of drug-likeness (QED) is 0.514. The molecule has 0 aliphatic heterocycles. The summed E-state index contributed by atoms with van der Waals surface area (Å²) in [4.78, 5) is 15.4. The molecular weight excluding hydrogens is 238 g/mol. The molecule has 0 unspecified atom stereocenters. The van der Waals surface area contributed by atoms with Gasteiger partial charge in [0.05, 0.1) is 6.21 Å². The van der Waals surface area contributed by atoms with Crippen LogP contribution in [0.25, 0.3) is 6.08 Å². The molecule has 4 heteroatoms. The summed E-state index contributed by atoms with van der Waals surface area (Å²) in [6.45, 7) is 0. The maximum Gasteiger partial charge on any atom is 0.264 e. The molecule has 0 atom stereocenters. The number of hydrogen-bond acceptors (Lipinski definition) is 3. The summed E-state index contributed by atoms with van der Waals surface area (Å²) in [5.41, 5.74) is 4.27. The van der Waals surface area contributed by atoms with Gasteiger partial charge in [0, 0.05) is 18.5 Å². The van der Waals surface area contributed by atoms with Crippen LogP contribution in [0.3, 0.4) is 0 Å². The van der Waals surface area contributed by atoms with Crippen LogP contribution >= 0.6 is 0 Å². The van der Waals surface area contributed by atoms with Gasteiger partial charge in [0.25, 0.3) is 5.91 Å². The molecule has 0 saturated carbocycles. The zero-order valence-corrected chi connectivity index (χ0v) is 10.2. The van der Waals surface area contributed by atoms with E-state index in [0.717, 1.165) is 11.1 Å². The summed E-state index contributed by atoms with van der Waals surface area (Å²) in [5.74, 6) is -0.269. The molecule has 1 amide bonds. The summed E-state index contributed by atoms with van der Waals surface area (Å²) in [6.07, 6.45) is 8.07. The van der Waals surface area contributed by atoms with Crippen LogP contribution in [0, 0.1) is 0 Å². The number of carbonyl (C=O) groups excluding carboxylic acids is 1. The van der Waals surface area contributed by atoms with E-state index in [4.69, 9.17) is 0 Å². The number of hydrogen-bond donors (Lipinski definition) is 1. The van der Waals surface area contributed by atoms with Crippen LogP contribution in [0.15, 0.2) is 66.0 Å². The van der Waals surface area contributed by atoms with Crippen LogP contribution < -0.4 is 5.43 Å². The van der Waals surface area contributed by atoms with E-state index >= 15 is 0 Å². The molecule has 94 valence electrons. The predicted octanol–water partition coefficient (Wildman–Crippen LogP) is 2.25. The fourth-order valence-corrected chi connectivity index (χ4v) is 1.39. The summed E-state index contributed by atoms with van der Waals surface area (Å²) in [5, 5.41) is 3.85. The van der Waals surface area contributed by atoms with E-state index in [1.165, 1.54) is 6.08 Å². The Morgan fingerprint density at radius 3 is 2.53 bits per heavy atom. The van der Waals surface area contributed by atoms with Crippen molar-refractivity contribution in [2.24, 2.45) is 5.10 Å². The Bertz CT molecular complexity index is 577. The number of benzene rings is 1. The van der Waals surface area contributed by atoms with E-state index in [1.807, 2.05) is 30.3 Å². The Morgan fingerprint density at radius 2 is 1.79 bits per heavy atom. The zero-order valence-electron chi connectivity index (χ0n) is 10.2.